The Bertz CT molecular complexity index is 695. The zero-order valence-electron chi connectivity index (χ0n) is 10.7. The number of hydrogen-bond acceptors (Lipinski definition) is 4. The first-order chi connectivity index (χ1) is 9.67. The summed E-state index contributed by atoms with van der Waals surface area (Å²) in [6, 6.07) is 13.0. The SMILES string of the molecule is COc1ccc(Sc2ccc3c(c2)NC(=O)C3=O)cc1. The van der Waals surface area contributed by atoms with Crippen LogP contribution in [-0.2, 0) is 4.79 Å². The second kappa shape index (κ2) is 5.02. The van der Waals surface area contributed by atoms with Gasteiger partial charge in [0.15, 0.2) is 0 Å². The molecule has 0 saturated heterocycles. The third-order valence-electron chi connectivity index (χ3n) is 2.99. The van der Waals surface area contributed by atoms with E-state index in [1.165, 1.54) is 0 Å². The molecule has 1 aliphatic rings. The quantitative estimate of drug-likeness (QED) is 0.881. The number of nitrogens with one attached hydrogen (secondary N) is 1. The van der Waals surface area contributed by atoms with Gasteiger partial charge in [0, 0.05) is 9.79 Å². The van der Waals surface area contributed by atoms with Crippen molar-refractivity contribution >= 4 is 29.1 Å². The molecule has 1 heterocycles. The van der Waals surface area contributed by atoms with Gasteiger partial charge >= 0.3 is 0 Å². The highest BCUT2D eigenvalue weighted by Crippen LogP contribution is 2.33. The molecule has 0 saturated carbocycles. The van der Waals surface area contributed by atoms with Crippen molar-refractivity contribution in [2.24, 2.45) is 0 Å². The van der Waals surface area contributed by atoms with E-state index < -0.39 is 11.7 Å². The molecule has 5 heteroatoms. The largest absolute Gasteiger partial charge is 0.497 e. The maximum atomic E-state index is 11.5. The van der Waals surface area contributed by atoms with Gasteiger partial charge in [0.05, 0.1) is 18.4 Å². The van der Waals surface area contributed by atoms with Crippen molar-refractivity contribution in [1.29, 1.82) is 0 Å². The molecule has 1 N–H and O–H groups in total. The summed E-state index contributed by atoms with van der Waals surface area (Å²) in [7, 11) is 1.63. The van der Waals surface area contributed by atoms with E-state index >= 15 is 0 Å². The maximum Gasteiger partial charge on any atom is 0.296 e. The Balaban J connectivity index is 1.83. The van der Waals surface area contributed by atoms with Crippen LogP contribution in [0.15, 0.2) is 52.3 Å². The number of fused-ring (bicyclic) bond motifs is 1. The Morgan fingerprint density at radius 2 is 1.70 bits per heavy atom. The number of amides is 1. The van der Waals surface area contributed by atoms with Crippen LogP contribution in [0.5, 0.6) is 5.75 Å². The number of methoxy groups -OCH3 is 1. The van der Waals surface area contributed by atoms with E-state index in [0.717, 1.165) is 15.5 Å². The molecule has 0 aliphatic carbocycles. The first kappa shape index (κ1) is 12.7. The van der Waals surface area contributed by atoms with Crippen LogP contribution in [0.4, 0.5) is 5.69 Å². The number of Topliss-reactive ketones (excluding diaryl/α,β-unsaturated/α-hetero) is 1. The van der Waals surface area contributed by atoms with E-state index in [4.69, 9.17) is 4.74 Å². The summed E-state index contributed by atoms with van der Waals surface area (Å²) in [5, 5.41) is 2.57. The lowest BCUT2D eigenvalue weighted by Gasteiger charge is -2.05. The van der Waals surface area contributed by atoms with Gasteiger partial charge in [-0.1, -0.05) is 11.8 Å². The molecular formula is C15H11NO3S. The first-order valence-electron chi connectivity index (χ1n) is 5.99. The average molecular weight is 285 g/mol. The van der Waals surface area contributed by atoms with E-state index in [9.17, 15) is 9.59 Å². The number of ketones is 1. The highest BCUT2D eigenvalue weighted by atomic mass is 32.2. The Labute approximate surface area is 120 Å². The van der Waals surface area contributed by atoms with Crippen LogP contribution in [0, 0.1) is 0 Å². The average Bonchev–Trinajstić information content (AvgIpc) is 2.74. The number of anilines is 1. The summed E-state index contributed by atoms with van der Waals surface area (Å²) in [5.74, 6) is -0.228. The van der Waals surface area contributed by atoms with Gasteiger partial charge in [-0.3, -0.25) is 9.59 Å². The van der Waals surface area contributed by atoms with Crippen LogP contribution < -0.4 is 10.1 Å². The molecule has 0 aromatic heterocycles. The molecule has 20 heavy (non-hydrogen) atoms. The van der Waals surface area contributed by atoms with Gasteiger partial charge in [-0.05, 0) is 42.5 Å². The van der Waals surface area contributed by atoms with Crippen LogP contribution in [0.3, 0.4) is 0 Å². The topological polar surface area (TPSA) is 55.4 Å². The third kappa shape index (κ3) is 2.28. The smallest absolute Gasteiger partial charge is 0.296 e. The first-order valence-corrected chi connectivity index (χ1v) is 6.80. The molecule has 0 spiro atoms. The predicted octanol–water partition coefficient (Wildman–Crippen LogP) is 2.98. The lowest BCUT2D eigenvalue weighted by molar-refractivity contribution is -0.112. The van der Waals surface area contributed by atoms with Gasteiger partial charge in [0.1, 0.15) is 5.75 Å². The fourth-order valence-electron chi connectivity index (χ4n) is 1.97. The molecule has 0 bridgehead atoms. The van der Waals surface area contributed by atoms with E-state index in [0.29, 0.717) is 11.3 Å². The monoisotopic (exact) mass is 285 g/mol. The number of benzene rings is 2. The number of hydrogen-bond donors (Lipinski definition) is 1. The standard InChI is InChI=1S/C15H11NO3S/c1-19-9-2-4-10(5-3-9)20-11-6-7-12-13(8-11)16-15(18)14(12)17/h2-8H,1H3,(H,16,17,18). The minimum Gasteiger partial charge on any atom is -0.497 e. The van der Waals surface area contributed by atoms with E-state index in [-0.39, 0.29) is 0 Å². The molecule has 1 amide bonds. The molecule has 2 aromatic carbocycles. The van der Waals surface area contributed by atoms with Gasteiger partial charge in [-0.25, -0.2) is 0 Å². The van der Waals surface area contributed by atoms with Gasteiger partial charge in [0.25, 0.3) is 11.7 Å². The van der Waals surface area contributed by atoms with Crippen molar-refractivity contribution in [2.45, 2.75) is 9.79 Å². The van der Waals surface area contributed by atoms with Gasteiger partial charge in [0.2, 0.25) is 0 Å². The molecule has 1 aliphatic heterocycles. The normalized spacial score (nSPS) is 13.1. The highest BCUT2D eigenvalue weighted by Gasteiger charge is 2.27. The van der Waals surface area contributed by atoms with Crippen molar-refractivity contribution in [3.63, 3.8) is 0 Å². The van der Waals surface area contributed by atoms with Gasteiger partial charge < -0.3 is 10.1 Å². The molecule has 2 aromatic rings. The molecule has 100 valence electrons. The minimum atomic E-state index is -0.563. The summed E-state index contributed by atoms with van der Waals surface area (Å²) in [6.07, 6.45) is 0. The molecule has 0 atom stereocenters. The van der Waals surface area contributed by atoms with Crippen LogP contribution in [0.25, 0.3) is 0 Å². The van der Waals surface area contributed by atoms with Crippen molar-refractivity contribution in [3.8, 4) is 5.75 Å². The van der Waals surface area contributed by atoms with Crippen molar-refractivity contribution in [2.75, 3.05) is 12.4 Å². The number of rotatable bonds is 3. The number of carbonyl (C=O) groups excluding carboxylic acids is 2. The Hall–Kier alpha value is -2.27. The highest BCUT2D eigenvalue weighted by molar-refractivity contribution is 7.99. The van der Waals surface area contributed by atoms with Gasteiger partial charge in [-0.2, -0.15) is 0 Å². The van der Waals surface area contributed by atoms with E-state index in [2.05, 4.69) is 5.32 Å². The number of ether oxygens (including phenoxy) is 1. The summed E-state index contributed by atoms with van der Waals surface area (Å²) >= 11 is 1.56. The van der Waals surface area contributed by atoms with Crippen molar-refractivity contribution in [1.82, 2.24) is 0 Å². The van der Waals surface area contributed by atoms with Crippen molar-refractivity contribution in [3.05, 3.63) is 48.0 Å². The Morgan fingerprint density at radius 1 is 1.00 bits per heavy atom. The minimum absolute atomic E-state index is 0.439. The summed E-state index contributed by atoms with van der Waals surface area (Å²) in [4.78, 5) is 24.8. The van der Waals surface area contributed by atoms with E-state index in [1.807, 2.05) is 36.4 Å². The zero-order chi connectivity index (χ0) is 14.1. The third-order valence-corrected chi connectivity index (χ3v) is 3.98. The lowest BCUT2D eigenvalue weighted by Crippen LogP contribution is -2.12. The van der Waals surface area contributed by atoms with E-state index in [1.54, 1.807) is 24.9 Å². The molecular weight excluding hydrogens is 274 g/mol. The Morgan fingerprint density at radius 3 is 2.40 bits per heavy atom. The van der Waals surface area contributed by atoms with Crippen LogP contribution in [0.1, 0.15) is 10.4 Å². The van der Waals surface area contributed by atoms with Crippen molar-refractivity contribution < 1.29 is 14.3 Å². The summed E-state index contributed by atoms with van der Waals surface area (Å²) in [5.41, 5.74) is 1.02. The fraction of sp³-hybridized carbons (Fsp3) is 0.0667. The second-order valence-electron chi connectivity index (χ2n) is 4.27. The van der Waals surface area contributed by atoms with Gasteiger partial charge in [-0.15, -0.1) is 0 Å². The van der Waals surface area contributed by atoms with Crippen LogP contribution >= 0.6 is 11.8 Å². The predicted molar refractivity (Wildman–Crippen MR) is 76.5 cm³/mol. The fourth-order valence-corrected chi connectivity index (χ4v) is 2.83. The van der Waals surface area contributed by atoms with Crippen LogP contribution in [0.2, 0.25) is 0 Å². The second-order valence-corrected chi connectivity index (χ2v) is 5.42. The number of carbonyl (C=O) groups is 2. The lowest BCUT2D eigenvalue weighted by atomic mass is 10.1. The summed E-state index contributed by atoms with van der Waals surface area (Å²) in [6.45, 7) is 0. The molecule has 0 radical (unpaired) electrons. The summed E-state index contributed by atoms with van der Waals surface area (Å²) < 4.78 is 5.11. The molecule has 0 unspecified atom stereocenters. The maximum absolute atomic E-state index is 11.5. The molecule has 4 nitrogen and oxygen atoms in total. The Kier molecular flexibility index (Phi) is 3.20. The van der Waals surface area contributed by atoms with Crippen LogP contribution in [-0.4, -0.2) is 18.8 Å². The zero-order valence-corrected chi connectivity index (χ0v) is 11.5. The molecule has 3 rings (SSSR count). The molecule has 0 fully saturated rings.